The second-order valence-corrected chi connectivity index (χ2v) is 6.44. The summed E-state index contributed by atoms with van der Waals surface area (Å²) in [5.41, 5.74) is 2.15. The van der Waals surface area contributed by atoms with Gasteiger partial charge in [0.25, 0.3) is 0 Å². The zero-order valence-electron chi connectivity index (χ0n) is 13.4. The molecule has 3 nitrogen and oxygen atoms in total. The van der Waals surface area contributed by atoms with Crippen LogP contribution in [0.3, 0.4) is 0 Å². The molecule has 3 rings (SSSR count). The molecule has 1 aromatic carbocycles. The van der Waals surface area contributed by atoms with Gasteiger partial charge in [-0.05, 0) is 57.8 Å². The number of amides is 1. The van der Waals surface area contributed by atoms with Crippen LogP contribution in [0, 0.1) is 0 Å². The Bertz CT molecular complexity index is 532. The van der Waals surface area contributed by atoms with E-state index in [4.69, 9.17) is 0 Å². The van der Waals surface area contributed by atoms with Crippen LogP contribution in [0.2, 0.25) is 0 Å². The fraction of sp³-hybridized carbons (Fsp3) is 0.611. The van der Waals surface area contributed by atoms with E-state index in [1.165, 1.54) is 12.0 Å². The predicted molar refractivity (Wildman–Crippen MR) is 86.7 cm³/mol. The van der Waals surface area contributed by atoms with Crippen molar-refractivity contribution in [2.75, 3.05) is 24.5 Å². The summed E-state index contributed by atoms with van der Waals surface area (Å²) < 4.78 is 0. The van der Waals surface area contributed by atoms with Gasteiger partial charge >= 0.3 is 0 Å². The van der Waals surface area contributed by atoms with E-state index in [0.717, 1.165) is 38.2 Å². The molecule has 0 aromatic heterocycles. The zero-order valence-corrected chi connectivity index (χ0v) is 13.4. The average molecular weight is 286 g/mol. The van der Waals surface area contributed by atoms with Crippen molar-refractivity contribution in [1.29, 1.82) is 0 Å². The van der Waals surface area contributed by atoms with Gasteiger partial charge in [0.2, 0.25) is 5.91 Å². The lowest BCUT2D eigenvalue weighted by molar-refractivity contribution is -0.125. The standard InChI is InChI=1S/C18H26N2O/c1-4-14(3)19-12-10-18(11-13-19)15-8-6-7-9-16(15)20(5-2)17(18)21/h6-9,14H,4-5,10-13H2,1-3H3. The Kier molecular flexibility index (Phi) is 3.78. The fourth-order valence-electron chi connectivity index (χ4n) is 4.00. The quantitative estimate of drug-likeness (QED) is 0.852. The number of likely N-dealkylation sites (tertiary alicyclic amines) is 1. The third-order valence-corrected chi connectivity index (χ3v) is 5.55. The maximum atomic E-state index is 13.0. The number of piperidine rings is 1. The molecule has 0 N–H and O–H groups in total. The minimum atomic E-state index is -0.253. The first-order valence-electron chi connectivity index (χ1n) is 8.29. The Hall–Kier alpha value is -1.35. The summed E-state index contributed by atoms with van der Waals surface area (Å²) >= 11 is 0. The summed E-state index contributed by atoms with van der Waals surface area (Å²) in [7, 11) is 0. The third-order valence-electron chi connectivity index (χ3n) is 5.55. The first-order valence-corrected chi connectivity index (χ1v) is 8.29. The number of hydrogen-bond donors (Lipinski definition) is 0. The second-order valence-electron chi connectivity index (χ2n) is 6.44. The number of anilines is 1. The number of nitrogens with zero attached hydrogens (tertiary/aromatic N) is 2. The number of carbonyl (C=O) groups is 1. The van der Waals surface area contributed by atoms with E-state index in [0.29, 0.717) is 11.9 Å². The highest BCUT2D eigenvalue weighted by atomic mass is 16.2. The molecular weight excluding hydrogens is 260 g/mol. The van der Waals surface area contributed by atoms with Gasteiger partial charge in [0.05, 0.1) is 5.41 Å². The number of rotatable bonds is 3. The van der Waals surface area contributed by atoms with Crippen molar-refractivity contribution in [2.24, 2.45) is 0 Å². The molecule has 0 bridgehead atoms. The van der Waals surface area contributed by atoms with Crippen molar-refractivity contribution in [3.05, 3.63) is 29.8 Å². The van der Waals surface area contributed by atoms with Gasteiger partial charge in [-0.15, -0.1) is 0 Å². The SMILES string of the molecule is CCC(C)N1CCC2(CC1)C(=O)N(CC)c1ccccc12. The van der Waals surface area contributed by atoms with Crippen molar-refractivity contribution >= 4 is 11.6 Å². The van der Waals surface area contributed by atoms with Crippen LogP contribution >= 0.6 is 0 Å². The highest BCUT2D eigenvalue weighted by molar-refractivity contribution is 6.08. The van der Waals surface area contributed by atoms with Crippen molar-refractivity contribution in [3.8, 4) is 0 Å². The smallest absolute Gasteiger partial charge is 0.237 e. The maximum absolute atomic E-state index is 13.0. The number of likely N-dealkylation sites (N-methyl/N-ethyl adjacent to an activating group) is 1. The van der Waals surface area contributed by atoms with Crippen molar-refractivity contribution in [1.82, 2.24) is 4.90 Å². The molecule has 1 fully saturated rings. The van der Waals surface area contributed by atoms with Crippen LogP contribution in [-0.2, 0) is 10.2 Å². The molecule has 3 heteroatoms. The molecule has 1 spiro atoms. The molecular formula is C18H26N2O. The Morgan fingerprint density at radius 1 is 1.19 bits per heavy atom. The monoisotopic (exact) mass is 286 g/mol. The van der Waals surface area contributed by atoms with E-state index in [1.54, 1.807) is 0 Å². The van der Waals surface area contributed by atoms with Gasteiger partial charge < -0.3 is 9.80 Å². The molecule has 0 aliphatic carbocycles. The molecule has 2 heterocycles. The number of para-hydroxylation sites is 1. The minimum Gasteiger partial charge on any atom is -0.312 e. The van der Waals surface area contributed by atoms with Crippen LogP contribution in [0.15, 0.2) is 24.3 Å². The molecule has 21 heavy (non-hydrogen) atoms. The summed E-state index contributed by atoms with van der Waals surface area (Å²) in [5, 5.41) is 0. The van der Waals surface area contributed by atoms with Gasteiger partial charge in [-0.25, -0.2) is 0 Å². The van der Waals surface area contributed by atoms with Gasteiger partial charge in [0.1, 0.15) is 0 Å². The maximum Gasteiger partial charge on any atom is 0.237 e. The summed E-state index contributed by atoms with van der Waals surface area (Å²) in [5.74, 6) is 0.329. The summed E-state index contributed by atoms with van der Waals surface area (Å²) in [6, 6.07) is 9.01. The first-order chi connectivity index (χ1) is 10.1. The molecule has 1 amide bonds. The largest absolute Gasteiger partial charge is 0.312 e. The third kappa shape index (κ3) is 2.10. The van der Waals surface area contributed by atoms with Crippen LogP contribution in [0.1, 0.15) is 45.6 Å². The van der Waals surface area contributed by atoms with E-state index in [2.05, 4.69) is 43.9 Å². The molecule has 2 aliphatic rings. The molecule has 0 radical (unpaired) electrons. The van der Waals surface area contributed by atoms with Gasteiger partial charge in [-0.1, -0.05) is 25.1 Å². The van der Waals surface area contributed by atoms with Crippen LogP contribution in [0.5, 0.6) is 0 Å². The fourth-order valence-corrected chi connectivity index (χ4v) is 4.00. The zero-order chi connectivity index (χ0) is 15.0. The van der Waals surface area contributed by atoms with Crippen LogP contribution in [-0.4, -0.2) is 36.5 Å². The van der Waals surface area contributed by atoms with E-state index >= 15 is 0 Å². The molecule has 2 aliphatic heterocycles. The van der Waals surface area contributed by atoms with Crippen molar-refractivity contribution < 1.29 is 4.79 Å². The molecule has 1 saturated heterocycles. The highest BCUT2D eigenvalue weighted by Crippen LogP contribution is 2.47. The predicted octanol–water partition coefficient (Wildman–Crippen LogP) is 3.19. The lowest BCUT2D eigenvalue weighted by Gasteiger charge is -2.41. The molecule has 1 aromatic rings. The second kappa shape index (κ2) is 5.45. The Morgan fingerprint density at radius 2 is 1.86 bits per heavy atom. The molecule has 114 valence electrons. The van der Waals surface area contributed by atoms with Gasteiger partial charge in [-0.3, -0.25) is 4.79 Å². The summed E-state index contributed by atoms with van der Waals surface area (Å²) in [4.78, 5) is 17.5. The normalized spacial score (nSPS) is 22.6. The Morgan fingerprint density at radius 3 is 2.48 bits per heavy atom. The number of fused-ring (bicyclic) bond motifs is 2. The highest BCUT2D eigenvalue weighted by Gasteiger charge is 2.51. The van der Waals surface area contributed by atoms with E-state index < -0.39 is 0 Å². The summed E-state index contributed by atoms with van der Waals surface area (Å²) in [6.07, 6.45) is 3.10. The topological polar surface area (TPSA) is 23.6 Å². The minimum absolute atomic E-state index is 0.253. The van der Waals surface area contributed by atoms with E-state index in [9.17, 15) is 4.79 Å². The lowest BCUT2D eigenvalue weighted by Crippen LogP contribution is -2.50. The van der Waals surface area contributed by atoms with E-state index in [1.807, 2.05) is 11.0 Å². The number of benzene rings is 1. The van der Waals surface area contributed by atoms with Crippen LogP contribution in [0.25, 0.3) is 0 Å². The van der Waals surface area contributed by atoms with Crippen molar-refractivity contribution in [3.63, 3.8) is 0 Å². The lowest BCUT2D eigenvalue weighted by atomic mass is 9.73. The van der Waals surface area contributed by atoms with Gasteiger partial charge in [0, 0.05) is 18.3 Å². The van der Waals surface area contributed by atoms with Crippen LogP contribution < -0.4 is 4.90 Å². The molecule has 1 atom stereocenters. The Balaban J connectivity index is 1.91. The Labute approximate surface area is 127 Å². The van der Waals surface area contributed by atoms with E-state index in [-0.39, 0.29) is 5.41 Å². The molecule has 0 saturated carbocycles. The summed E-state index contributed by atoms with van der Waals surface area (Å²) in [6.45, 7) is 9.44. The van der Waals surface area contributed by atoms with Crippen LogP contribution in [0.4, 0.5) is 5.69 Å². The van der Waals surface area contributed by atoms with Gasteiger partial charge in [0.15, 0.2) is 0 Å². The van der Waals surface area contributed by atoms with Gasteiger partial charge in [-0.2, -0.15) is 0 Å². The van der Waals surface area contributed by atoms with Crippen molar-refractivity contribution in [2.45, 2.75) is 51.5 Å². The number of carbonyl (C=O) groups excluding carboxylic acids is 1. The average Bonchev–Trinajstić information content (AvgIpc) is 2.76. The number of hydrogen-bond acceptors (Lipinski definition) is 2. The molecule has 1 unspecified atom stereocenters. The first kappa shape index (κ1) is 14.6.